The van der Waals surface area contributed by atoms with E-state index in [2.05, 4.69) is 18.5 Å². The normalized spacial score (nSPS) is 31.0. The second-order valence-corrected chi connectivity index (χ2v) is 7.01. The van der Waals surface area contributed by atoms with Gasteiger partial charge < -0.3 is 10.1 Å². The van der Waals surface area contributed by atoms with Crippen LogP contribution >= 0.6 is 0 Å². The molecular weight excluding hydrogens is 238 g/mol. The topological polar surface area (TPSA) is 38.3 Å². The van der Waals surface area contributed by atoms with Gasteiger partial charge in [-0.3, -0.25) is 0 Å². The van der Waals surface area contributed by atoms with Crippen molar-refractivity contribution < 1.29 is 9.53 Å². The Labute approximate surface area is 116 Å². The Morgan fingerprint density at radius 2 is 1.53 bits per heavy atom. The predicted molar refractivity (Wildman–Crippen MR) is 76.9 cm³/mol. The molecule has 2 saturated carbocycles. The number of carbonyl (C=O) groups is 1. The molecule has 2 fully saturated rings. The van der Waals surface area contributed by atoms with Crippen LogP contribution < -0.4 is 5.32 Å². The lowest BCUT2D eigenvalue weighted by atomic mass is 9.66. The van der Waals surface area contributed by atoms with Gasteiger partial charge in [0.25, 0.3) is 0 Å². The highest BCUT2D eigenvalue weighted by atomic mass is 16.6. The second-order valence-electron chi connectivity index (χ2n) is 7.01. The third kappa shape index (κ3) is 3.62. The minimum Gasteiger partial charge on any atom is -0.444 e. The summed E-state index contributed by atoms with van der Waals surface area (Å²) in [6.07, 6.45) is 3.69. The lowest BCUT2D eigenvalue weighted by Gasteiger charge is -2.44. The van der Waals surface area contributed by atoms with E-state index in [1.165, 1.54) is 11.1 Å². The van der Waals surface area contributed by atoms with Crippen LogP contribution in [0.2, 0.25) is 0 Å². The second kappa shape index (κ2) is 5.03. The van der Waals surface area contributed by atoms with Gasteiger partial charge in [-0.15, -0.1) is 0 Å². The van der Waals surface area contributed by atoms with Crippen molar-refractivity contribution in [1.29, 1.82) is 0 Å². The quantitative estimate of drug-likeness (QED) is 0.730. The number of ether oxygens (including phenoxy) is 1. The van der Waals surface area contributed by atoms with Gasteiger partial charge in [-0.1, -0.05) is 24.3 Å². The van der Waals surface area contributed by atoms with Crippen LogP contribution in [-0.2, 0) is 4.74 Å². The van der Waals surface area contributed by atoms with E-state index >= 15 is 0 Å². The zero-order valence-electron chi connectivity index (χ0n) is 12.3. The minimum absolute atomic E-state index is 0.214. The molecule has 0 saturated heterocycles. The van der Waals surface area contributed by atoms with Crippen molar-refractivity contribution in [2.24, 2.45) is 11.8 Å². The number of amides is 1. The van der Waals surface area contributed by atoms with Crippen LogP contribution in [0.5, 0.6) is 0 Å². The smallest absolute Gasteiger partial charge is 0.407 e. The summed E-state index contributed by atoms with van der Waals surface area (Å²) in [4.78, 5) is 11.9. The number of allylic oxidation sites excluding steroid dienone is 2. The largest absolute Gasteiger partial charge is 0.444 e. The van der Waals surface area contributed by atoms with Crippen LogP contribution in [0.25, 0.3) is 0 Å². The maximum absolute atomic E-state index is 11.9. The lowest BCUT2D eigenvalue weighted by molar-refractivity contribution is 0.0429. The van der Waals surface area contributed by atoms with Gasteiger partial charge in [0, 0.05) is 6.04 Å². The van der Waals surface area contributed by atoms with E-state index in [1.54, 1.807) is 0 Å². The predicted octanol–water partition coefficient (Wildman–Crippen LogP) is 3.81. The monoisotopic (exact) mass is 263 g/mol. The molecule has 0 spiro atoms. The number of alkyl carbamates (subject to hydrolysis) is 1. The van der Waals surface area contributed by atoms with E-state index in [-0.39, 0.29) is 12.1 Å². The summed E-state index contributed by atoms with van der Waals surface area (Å²) in [7, 11) is 0. The molecule has 0 heterocycles. The minimum atomic E-state index is -0.443. The van der Waals surface area contributed by atoms with Crippen LogP contribution in [0.3, 0.4) is 0 Å². The highest BCUT2D eigenvalue weighted by Crippen LogP contribution is 2.43. The molecule has 0 atom stereocenters. The molecule has 0 aromatic carbocycles. The van der Waals surface area contributed by atoms with Crippen LogP contribution in [0, 0.1) is 11.8 Å². The Morgan fingerprint density at radius 3 is 1.89 bits per heavy atom. The van der Waals surface area contributed by atoms with Gasteiger partial charge >= 0.3 is 6.09 Å². The van der Waals surface area contributed by atoms with Crippen molar-refractivity contribution in [1.82, 2.24) is 5.32 Å². The van der Waals surface area contributed by atoms with Gasteiger partial charge in [0.15, 0.2) is 0 Å². The van der Waals surface area contributed by atoms with Crippen LogP contribution in [0.4, 0.5) is 4.79 Å². The average molecular weight is 263 g/mol. The van der Waals surface area contributed by atoms with E-state index < -0.39 is 5.60 Å². The third-order valence-electron chi connectivity index (χ3n) is 3.90. The highest BCUT2D eigenvalue weighted by Gasteiger charge is 2.40. The molecule has 3 nitrogen and oxygen atoms in total. The molecule has 0 aromatic heterocycles. The molecule has 2 rings (SSSR count). The molecule has 2 aliphatic rings. The van der Waals surface area contributed by atoms with Crippen molar-refractivity contribution in [2.75, 3.05) is 0 Å². The molecule has 0 radical (unpaired) electrons. The zero-order valence-corrected chi connectivity index (χ0v) is 12.3. The summed E-state index contributed by atoms with van der Waals surface area (Å²) in [6.45, 7) is 13.9. The molecule has 19 heavy (non-hydrogen) atoms. The van der Waals surface area contributed by atoms with Crippen LogP contribution in [0.15, 0.2) is 24.3 Å². The highest BCUT2D eigenvalue weighted by molar-refractivity contribution is 5.68. The standard InChI is InChI=1S/C16H25NO2/c1-10-6-12-8-11(2)9-13(7-10)14(12)17-15(18)19-16(3,4)5/h12-14H,1-2,6-9H2,3-5H3,(H,17,18). The summed E-state index contributed by atoms with van der Waals surface area (Å²) in [5, 5.41) is 3.08. The van der Waals surface area contributed by atoms with E-state index in [4.69, 9.17) is 4.74 Å². The lowest BCUT2D eigenvalue weighted by Crippen LogP contribution is -2.51. The molecule has 0 aliphatic heterocycles. The van der Waals surface area contributed by atoms with Crippen molar-refractivity contribution in [2.45, 2.75) is 58.1 Å². The fourth-order valence-electron chi connectivity index (χ4n) is 3.37. The Balaban J connectivity index is 2.02. The van der Waals surface area contributed by atoms with Gasteiger partial charge in [-0.05, 0) is 58.3 Å². The molecule has 3 heteroatoms. The molecule has 2 aliphatic carbocycles. The molecule has 1 amide bonds. The van der Waals surface area contributed by atoms with Gasteiger partial charge in [-0.25, -0.2) is 4.79 Å². The number of hydrogen-bond donors (Lipinski definition) is 1. The van der Waals surface area contributed by atoms with Crippen molar-refractivity contribution in [3.8, 4) is 0 Å². The third-order valence-corrected chi connectivity index (χ3v) is 3.90. The fraction of sp³-hybridized carbons (Fsp3) is 0.688. The molecule has 0 unspecified atom stereocenters. The number of carbonyl (C=O) groups excluding carboxylic acids is 1. The van der Waals surface area contributed by atoms with E-state index in [0.717, 1.165) is 25.7 Å². The maximum atomic E-state index is 11.9. The van der Waals surface area contributed by atoms with Gasteiger partial charge in [-0.2, -0.15) is 0 Å². The first-order valence-electron chi connectivity index (χ1n) is 7.07. The van der Waals surface area contributed by atoms with Gasteiger partial charge in [0.05, 0.1) is 0 Å². The number of nitrogens with one attached hydrogen (secondary N) is 1. The Kier molecular flexibility index (Phi) is 3.75. The SMILES string of the molecule is C=C1CC2CC(=C)CC(C1)C2NC(=O)OC(C)(C)C. The molecule has 106 valence electrons. The van der Waals surface area contributed by atoms with Crippen molar-refractivity contribution >= 4 is 6.09 Å². The van der Waals surface area contributed by atoms with Gasteiger partial charge in [0.2, 0.25) is 0 Å². The number of rotatable bonds is 1. The molecule has 1 N–H and O–H groups in total. The summed E-state index contributed by atoms with van der Waals surface area (Å²) in [5.41, 5.74) is 2.18. The van der Waals surface area contributed by atoms with Gasteiger partial charge in [0.1, 0.15) is 5.60 Å². The Hall–Kier alpha value is -1.25. The summed E-state index contributed by atoms with van der Waals surface area (Å²) in [6, 6.07) is 0.214. The van der Waals surface area contributed by atoms with Crippen LogP contribution in [0.1, 0.15) is 46.5 Å². The average Bonchev–Trinajstić information content (AvgIpc) is 2.17. The first kappa shape index (κ1) is 14.2. The van der Waals surface area contributed by atoms with Crippen LogP contribution in [-0.4, -0.2) is 17.7 Å². The van der Waals surface area contributed by atoms with E-state index in [9.17, 15) is 4.79 Å². The summed E-state index contributed by atoms with van der Waals surface area (Å²) >= 11 is 0. The Bertz CT molecular complexity index is 365. The Morgan fingerprint density at radius 1 is 1.11 bits per heavy atom. The fourth-order valence-corrected chi connectivity index (χ4v) is 3.37. The molecule has 2 bridgehead atoms. The first-order valence-corrected chi connectivity index (χ1v) is 7.07. The van der Waals surface area contributed by atoms with Crippen molar-refractivity contribution in [3.05, 3.63) is 24.3 Å². The van der Waals surface area contributed by atoms with E-state index in [1.807, 2.05) is 20.8 Å². The van der Waals surface area contributed by atoms with Crippen molar-refractivity contribution in [3.63, 3.8) is 0 Å². The first-order chi connectivity index (χ1) is 8.74. The summed E-state index contributed by atoms with van der Waals surface area (Å²) in [5.74, 6) is 0.889. The maximum Gasteiger partial charge on any atom is 0.407 e. The zero-order chi connectivity index (χ0) is 14.2. The molecular formula is C16H25NO2. The number of hydrogen-bond acceptors (Lipinski definition) is 2. The molecule has 0 aromatic rings. The van der Waals surface area contributed by atoms with E-state index in [0.29, 0.717) is 11.8 Å². The summed E-state index contributed by atoms with van der Waals surface area (Å²) < 4.78 is 5.36. The number of fused-ring (bicyclic) bond motifs is 2.